The zero-order chi connectivity index (χ0) is 12.8. The quantitative estimate of drug-likeness (QED) is 0.402. The van der Waals surface area contributed by atoms with Gasteiger partial charge in [-0.25, -0.2) is 0 Å². The molecule has 1 aromatic rings. The van der Waals surface area contributed by atoms with E-state index in [-0.39, 0.29) is 0 Å². The molecule has 1 heterocycles. The lowest BCUT2D eigenvalue weighted by Crippen LogP contribution is -2.50. The molecule has 2 heteroatoms. The molecule has 1 aliphatic heterocycles. The van der Waals surface area contributed by atoms with E-state index in [2.05, 4.69) is 53.2 Å². The minimum absolute atomic E-state index is 0.785. The molecule has 18 heavy (non-hydrogen) atoms. The highest BCUT2D eigenvalue weighted by atomic mass is 79.9. The van der Waals surface area contributed by atoms with E-state index in [1.165, 1.54) is 50.2 Å². The lowest BCUT2D eigenvalue weighted by molar-refractivity contribution is 0.713. The average Bonchev–Trinajstić information content (AvgIpc) is 2.43. The summed E-state index contributed by atoms with van der Waals surface area (Å²) in [6, 6.07) is 16.0. The fraction of sp³-hybridized carbons (Fsp3) is 0.625. The summed E-state index contributed by atoms with van der Waals surface area (Å²) < 4.78 is 0. The standard InChI is InChI=1S/C16H25BrSi/c1-2-3-7-12-18(13-10-15(17)11-14-18)16-8-5-4-6-9-16/h4-6,8-9,15H,2-3,7,10-14H2,1H3. The van der Waals surface area contributed by atoms with Crippen molar-refractivity contribution in [1.29, 1.82) is 0 Å². The van der Waals surface area contributed by atoms with E-state index in [1.807, 2.05) is 0 Å². The second kappa shape index (κ2) is 6.90. The number of alkyl halides is 1. The number of unbranched alkanes of at least 4 members (excludes halogenated alkanes) is 2. The van der Waals surface area contributed by atoms with Gasteiger partial charge in [-0.3, -0.25) is 0 Å². The van der Waals surface area contributed by atoms with Crippen molar-refractivity contribution in [3.63, 3.8) is 0 Å². The van der Waals surface area contributed by atoms with Crippen molar-refractivity contribution in [3.05, 3.63) is 30.3 Å². The maximum absolute atomic E-state index is 3.82. The van der Waals surface area contributed by atoms with Gasteiger partial charge in [0.15, 0.2) is 0 Å². The smallest absolute Gasteiger partial charge is 0.0868 e. The van der Waals surface area contributed by atoms with Crippen LogP contribution < -0.4 is 5.19 Å². The zero-order valence-corrected chi connectivity index (χ0v) is 14.1. The molecule has 2 rings (SSSR count). The van der Waals surface area contributed by atoms with Gasteiger partial charge in [-0.2, -0.15) is 0 Å². The van der Waals surface area contributed by atoms with Crippen LogP contribution in [-0.4, -0.2) is 12.9 Å². The van der Waals surface area contributed by atoms with Crippen molar-refractivity contribution in [3.8, 4) is 0 Å². The summed E-state index contributed by atoms with van der Waals surface area (Å²) in [6.45, 7) is 2.31. The first kappa shape index (κ1) is 14.3. The Balaban J connectivity index is 2.12. The Morgan fingerprint density at radius 3 is 2.39 bits per heavy atom. The van der Waals surface area contributed by atoms with Gasteiger partial charge in [0.25, 0.3) is 0 Å². The highest BCUT2D eigenvalue weighted by molar-refractivity contribution is 9.09. The summed E-state index contributed by atoms with van der Waals surface area (Å²) in [4.78, 5) is 0.785. The van der Waals surface area contributed by atoms with Crippen LogP contribution in [0.25, 0.3) is 0 Å². The number of rotatable bonds is 5. The van der Waals surface area contributed by atoms with Gasteiger partial charge in [0.05, 0.1) is 8.07 Å². The van der Waals surface area contributed by atoms with Gasteiger partial charge in [-0.15, -0.1) is 0 Å². The molecule has 100 valence electrons. The molecule has 1 aliphatic rings. The molecule has 0 aliphatic carbocycles. The molecule has 0 aromatic heterocycles. The number of hydrogen-bond acceptors (Lipinski definition) is 0. The Bertz CT molecular complexity index is 341. The molecule has 0 N–H and O–H groups in total. The molecule has 0 amide bonds. The van der Waals surface area contributed by atoms with E-state index in [9.17, 15) is 0 Å². The van der Waals surface area contributed by atoms with Gasteiger partial charge >= 0.3 is 0 Å². The Labute approximate surface area is 121 Å². The third-order valence-electron chi connectivity index (χ3n) is 4.52. The largest absolute Gasteiger partial charge is 0.0891 e. The second-order valence-electron chi connectivity index (χ2n) is 5.78. The van der Waals surface area contributed by atoms with E-state index < -0.39 is 8.07 Å². The monoisotopic (exact) mass is 324 g/mol. The molecule has 1 saturated heterocycles. The van der Waals surface area contributed by atoms with Gasteiger partial charge in [-0.1, -0.05) is 95.8 Å². The summed E-state index contributed by atoms with van der Waals surface area (Å²) in [5.41, 5.74) is 0. The van der Waals surface area contributed by atoms with Crippen LogP contribution in [0.15, 0.2) is 30.3 Å². The summed E-state index contributed by atoms with van der Waals surface area (Å²) in [5, 5.41) is 1.72. The number of benzene rings is 1. The first-order chi connectivity index (χ1) is 8.77. The predicted octanol–water partition coefficient (Wildman–Crippen LogP) is 5.09. The highest BCUT2D eigenvalue weighted by Gasteiger charge is 2.37. The van der Waals surface area contributed by atoms with Gasteiger partial charge in [-0.05, 0) is 12.8 Å². The summed E-state index contributed by atoms with van der Waals surface area (Å²) in [6.07, 6.45) is 7.00. The first-order valence-electron chi connectivity index (χ1n) is 7.46. The van der Waals surface area contributed by atoms with E-state index >= 15 is 0 Å². The topological polar surface area (TPSA) is 0 Å². The molecule has 1 aromatic carbocycles. The minimum atomic E-state index is -1.17. The Kier molecular flexibility index (Phi) is 5.50. The lowest BCUT2D eigenvalue weighted by Gasteiger charge is -2.38. The van der Waals surface area contributed by atoms with Crippen molar-refractivity contribution >= 4 is 29.2 Å². The Hall–Kier alpha value is -0.0831. The maximum Gasteiger partial charge on any atom is 0.0868 e. The van der Waals surface area contributed by atoms with Crippen LogP contribution in [0.4, 0.5) is 0 Å². The van der Waals surface area contributed by atoms with Crippen LogP contribution in [0.5, 0.6) is 0 Å². The summed E-state index contributed by atoms with van der Waals surface area (Å²) in [7, 11) is -1.17. The van der Waals surface area contributed by atoms with Crippen LogP contribution in [-0.2, 0) is 0 Å². The first-order valence-corrected chi connectivity index (χ1v) is 11.0. The van der Waals surface area contributed by atoms with E-state index in [0.29, 0.717) is 0 Å². The SMILES string of the molecule is CCCCC[Si]1(c2ccccc2)CCC(Br)CC1. The molecular formula is C16H25BrSi. The molecular weight excluding hydrogens is 300 g/mol. The van der Waals surface area contributed by atoms with Crippen molar-refractivity contribution < 1.29 is 0 Å². The van der Waals surface area contributed by atoms with Crippen LogP contribution in [0.1, 0.15) is 39.0 Å². The summed E-state index contributed by atoms with van der Waals surface area (Å²) >= 11 is 3.82. The molecule has 0 unspecified atom stereocenters. The molecule has 0 bridgehead atoms. The highest BCUT2D eigenvalue weighted by Crippen LogP contribution is 2.36. The normalized spacial score (nSPS) is 28.2. The fourth-order valence-electron chi connectivity index (χ4n) is 3.32. The molecule has 0 radical (unpaired) electrons. The van der Waals surface area contributed by atoms with E-state index in [4.69, 9.17) is 0 Å². The maximum atomic E-state index is 3.82. The molecule has 0 nitrogen and oxygen atoms in total. The van der Waals surface area contributed by atoms with Crippen LogP contribution >= 0.6 is 15.9 Å². The lowest BCUT2D eigenvalue weighted by atomic mass is 10.2. The molecule has 0 spiro atoms. The second-order valence-corrected chi connectivity index (χ2v) is 11.7. The average molecular weight is 325 g/mol. The van der Waals surface area contributed by atoms with Gasteiger partial charge in [0.1, 0.15) is 0 Å². The fourth-order valence-corrected chi connectivity index (χ4v) is 9.87. The molecule has 1 fully saturated rings. The third kappa shape index (κ3) is 3.48. The number of halogens is 1. The third-order valence-corrected chi connectivity index (χ3v) is 10.8. The van der Waals surface area contributed by atoms with Gasteiger partial charge in [0, 0.05) is 4.83 Å². The van der Waals surface area contributed by atoms with Gasteiger partial charge in [0.2, 0.25) is 0 Å². The van der Waals surface area contributed by atoms with Crippen LogP contribution in [0.2, 0.25) is 18.1 Å². The number of hydrogen-bond donors (Lipinski definition) is 0. The zero-order valence-electron chi connectivity index (χ0n) is 11.5. The predicted molar refractivity (Wildman–Crippen MR) is 87.7 cm³/mol. The van der Waals surface area contributed by atoms with Crippen molar-refractivity contribution in [2.75, 3.05) is 0 Å². The van der Waals surface area contributed by atoms with Crippen molar-refractivity contribution in [2.24, 2.45) is 0 Å². The Morgan fingerprint density at radius 2 is 1.78 bits per heavy atom. The Morgan fingerprint density at radius 1 is 1.11 bits per heavy atom. The van der Waals surface area contributed by atoms with Crippen molar-refractivity contribution in [1.82, 2.24) is 0 Å². The minimum Gasteiger partial charge on any atom is -0.0891 e. The molecule has 0 saturated carbocycles. The van der Waals surface area contributed by atoms with E-state index in [1.54, 1.807) is 5.19 Å². The molecule has 0 atom stereocenters. The van der Waals surface area contributed by atoms with E-state index in [0.717, 1.165) is 4.83 Å². The summed E-state index contributed by atoms with van der Waals surface area (Å²) in [5.74, 6) is 0. The van der Waals surface area contributed by atoms with Crippen molar-refractivity contribution in [2.45, 2.75) is 62.0 Å². The van der Waals surface area contributed by atoms with Crippen LogP contribution in [0.3, 0.4) is 0 Å². The van der Waals surface area contributed by atoms with Crippen LogP contribution in [0, 0.1) is 0 Å². The van der Waals surface area contributed by atoms with Gasteiger partial charge < -0.3 is 0 Å².